The fourth-order valence-electron chi connectivity index (χ4n) is 5.27. The number of pyridine rings is 1. The third-order valence-corrected chi connectivity index (χ3v) is 7.38. The summed E-state index contributed by atoms with van der Waals surface area (Å²) in [6.45, 7) is 5.70. The molecule has 0 saturated heterocycles. The second kappa shape index (κ2) is 13.8. The maximum Gasteiger partial charge on any atom is 0.220 e. The van der Waals surface area contributed by atoms with Crippen LogP contribution in [0.4, 0.5) is 0 Å². The number of fused-ring (bicyclic) bond motifs is 1. The molecule has 5 nitrogen and oxygen atoms in total. The van der Waals surface area contributed by atoms with Gasteiger partial charge in [-0.05, 0) is 96.7 Å². The molecule has 0 radical (unpaired) electrons. The van der Waals surface area contributed by atoms with E-state index in [0.29, 0.717) is 12.8 Å². The normalized spacial score (nSPS) is 11.8. The Morgan fingerprint density at radius 2 is 1.60 bits per heavy atom. The zero-order valence-corrected chi connectivity index (χ0v) is 23.7. The third-order valence-electron chi connectivity index (χ3n) is 7.38. The van der Waals surface area contributed by atoms with Crippen molar-refractivity contribution in [3.8, 4) is 11.1 Å². The number of benzene rings is 3. The molecule has 4 aromatic rings. The van der Waals surface area contributed by atoms with E-state index in [1.807, 2.05) is 31.3 Å². The summed E-state index contributed by atoms with van der Waals surface area (Å²) in [5.74, 6) is -0.369. The molecule has 0 aliphatic rings. The summed E-state index contributed by atoms with van der Waals surface area (Å²) in [6.07, 6.45) is 5.14. The number of hydrogen-bond acceptors (Lipinski definition) is 4. The van der Waals surface area contributed by atoms with Crippen molar-refractivity contribution in [2.75, 3.05) is 6.54 Å². The topological polar surface area (TPSA) is 76.1 Å². The van der Waals surface area contributed by atoms with Crippen molar-refractivity contribution in [1.82, 2.24) is 10.3 Å². The molecule has 1 atom stereocenters. The van der Waals surface area contributed by atoms with Crippen molar-refractivity contribution in [3.05, 3.63) is 101 Å². The van der Waals surface area contributed by atoms with Gasteiger partial charge in [0, 0.05) is 31.2 Å². The van der Waals surface area contributed by atoms with Crippen LogP contribution in [0.15, 0.2) is 79.0 Å². The van der Waals surface area contributed by atoms with Gasteiger partial charge in [0.2, 0.25) is 5.91 Å². The first-order valence-electron chi connectivity index (χ1n) is 14.1. The van der Waals surface area contributed by atoms with Crippen LogP contribution in [-0.2, 0) is 20.8 Å². The standard InChI is InChI=1S/C35H38N2O3/c1-24-18-19-36-30(20-24)9-4-5-13-35(40)37-23-31(39)22-29(21-26(3)38)27-14-16-28(17-15-27)33-11-7-10-32-25(2)8-6-12-34(32)33/h6-8,10-12,14-20,29H,4-5,9,13,21-23H2,1-3H3,(H,37,40)/t29-/m1/s1. The summed E-state index contributed by atoms with van der Waals surface area (Å²) in [5, 5.41) is 5.20. The summed E-state index contributed by atoms with van der Waals surface area (Å²) in [6, 6.07) is 24.9. The molecule has 0 fully saturated rings. The van der Waals surface area contributed by atoms with Gasteiger partial charge in [-0.1, -0.05) is 60.7 Å². The van der Waals surface area contributed by atoms with Crippen molar-refractivity contribution in [3.63, 3.8) is 0 Å². The molecule has 4 rings (SSSR count). The molecule has 0 aliphatic heterocycles. The van der Waals surface area contributed by atoms with E-state index < -0.39 is 0 Å². The Morgan fingerprint density at radius 3 is 2.35 bits per heavy atom. The van der Waals surface area contributed by atoms with E-state index in [1.165, 1.54) is 21.9 Å². The smallest absolute Gasteiger partial charge is 0.220 e. The van der Waals surface area contributed by atoms with Crippen molar-refractivity contribution in [1.29, 1.82) is 0 Å². The molecule has 206 valence electrons. The molecule has 0 unspecified atom stereocenters. The van der Waals surface area contributed by atoms with Crippen molar-refractivity contribution >= 4 is 28.2 Å². The second-order valence-electron chi connectivity index (χ2n) is 10.8. The maximum atomic E-state index is 12.8. The number of nitrogens with one attached hydrogen (secondary N) is 1. The SMILES string of the molecule is CC(=O)C[C@H](CC(=O)CNC(=O)CCCCc1cc(C)ccn1)c1ccc(-c2cccc3c(C)cccc23)cc1. The van der Waals surface area contributed by atoms with Crippen LogP contribution >= 0.6 is 0 Å². The van der Waals surface area contributed by atoms with Crippen molar-refractivity contribution < 1.29 is 14.4 Å². The number of nitrogens with zero attached hydrogens (tertiary/aromatic N) is 1. The van der Waals surface area contributed by atoms with Gasteiger partial charge in [0.15, 0.2) is 5.78 Å². The Labute approximate surface area is 237 Å². The van der Waals surface area contributed by atoms with Gasteiger partial charge in [0.1, 0.15) is 5.78 Å². The van der Waals surface area contributed by atoms with Crippen LogP contribution in [0, 0.1) is 13.8 Å². The molecule has 3 aromatic carbocycles. The quantitative estimate of drug-likeness (QED) is 0.186. The highest BCUT2D eigenvalue weighted by molar-refractivity contribution is 5.98. The molecule has 0 bridgehead atoms. The Hall–Kier alpha value is -4.12. The number of rotatable bonds is 13. The molecule has 0 saturated carbocycles. The van der Waals surface area contributed by atoms with Crippen LogP contribution in [0.1, 0.15) is 67.3 Å². The first-order chi connectivity index (χ1) is 19.3. The predicted molar refractivity (Wildman–Crippen MR) is 161 cm³/mol. The number of aryl methyl sites for hydroxylation is 3. The molecular formula is C35H38N2O3. The lowest BCUT2D eigenvalue weighted by Crippen LogP contribution is -2.30. The number of carbonyl (C=O) groups excluding carboxylic acids is 3. The molecule has 1 heterocycles. The Bertz CT molecular complexity index is 1490. The Morgan fingerprint density at radius 1 is 0.850 bits per heavy atom. The number of unbranched alkanes of at least 4 members (excludes halogenated alkanes) is 1. The highest BCUT2D eigenvalue weighted by atomic mass is 16.2. The molecule has 1 aromatic heterocycles. The van der Waals surface area contributed by atoms with E-state index in [-0.39, 0.29) is 36.4 Å². The van der Waals surface area contributed by atoms with Crippen LogP contribution in [0.3, 0.4) is 0 Å². The molecular weight excluding hydrogens is 496 g/mol. The van der Waals surface area contributed by atoms with Gasteiger partial charge in [0.25, 0.3) is 0 Å². The van der Waals surface area contributed by atoms with Crippen LogP contribution in [0.25, 0.3) is 21.9 Å². The number of hydrogen-bond donors (Lipinski definition) is 1. The lowest BCUT2D eigenvalue weighted by Gasteiger charge is -2.17. The molecule has 1 amide bonds. The van der Waals surface area contributed by atoms with Gasteiger partial charge in [-0.25, -0.2) is 0 Å². The average molecular weight is 535 g/mol. The molecule has 0 spiro atoms. The van der Waals surface area contributed by atoms with E-state index >= 15 is 0 Å². The van der Waals surface area contributed by atoms with Gasteiger partial charge in [-0.2, -0.15) is 0 Å². The second-order valence-corrected chi connectivity index (χ2v) is 10.8. The van der Waals surface area contributed by atoms with Crippen LogP contribution in [-0.4, -0.2) is 29.0 Å². The van der Waals surface area contributed by atoms with Gasteiger partial charge in [0.05, 0.1) is 6.54 Å². The molecule has 5 heteroatoms. The van der Waals surface area contributed by atoms with Gasteiger partial charge >= 0.3 is 0 Å². The van der Waals surface area contributed by atoms with Gasteiger partial charge < -0.3 is 10.1 Å². The number of carbonyl (C=O) groups is 3. The van der Waals surface area contributed by atoms with Gasteiger partial charge in [-0.3, -0.25) is 14.6 Å². The fraction of sp³-hybridized carbons (Fsp3) is 0.314. The number of amides is 1. The molecule has 0 aliphatic carbocycles. The minimum atomic E-state index is -0.215. The molecule has 40 heavy (non-hydrogen) atoms. The third kappa shape index (κ3) is 7.95. The lowest BCUT2D eigenvalue weighted by atomic mass is 9.88. The molecule has 1 N–H and O–H groups in total. The summed E-state index contributed by atoms with van der Waals surface area (Å²) >= 11 is 0. The zero-order chi connectivity index (χ0) is 28.5. The lowest BCUT2D eigenvalue weighted by molar-refractivity contribution is -0.125. The monoisotopic (exact) mass is 534 g/mol. The van der Waals surface area contributed by atoms with Crippen molar-refractivity contribution in [2.45, 2.75) is 65.2 Å². The largest absolute Gasteiger partial charge is 0.349 e. The number of Topliss-reactive ketones (excluding diaryl/α,β-unsaturated/α-hetero) is 2. The predicted octanol–water partition coefficient (Wildman–Crippen LogP) is 7.07. The van der Waals surface area contributed by atoms with Crippen LogP contribution < -0.4 is 5.32 Å². The summed E-state index contributed by atoms with van der Waals surface area (Å²) < 4.78 is 0. The number of ketones is 2. The van der Waals surface area contributed by atoms with E-state index in [1.54, 1.807) is 6.92 Å². The minimum absolute atomic E-state index is 0.0138. The van der Waals surface area contributed by atoms with Crippen LogP contribution in [0.2, 0.25) is 0 Å². The van der Waals surface area contributed by atoms with E-state index in [4.69, 9.17) is 0 Å². The van der Waals surface area contributed by atoms with Crippen molar-refractivity contribution in [2.24, 2.45) is 0 Å². The number of aromatic nitrogens is 1. The average Bonchev–Trinajstić information content (AvgIpc) is 2.94. The summed E-state index contributed by atoms with van der Waals surface area (Å²) in [5.41, 5.74) is 6.66. The summed E-state index contributed by atoms with van der Waals surface area (Å²) in [4.78, 5) is 41.5. The van der Waals surface area contributed by atoms with Gasteiger partial charge in [-0.15, -0.1) is 0 Å². The maximum absolute atomic E-state index is 12.8. The first-order valence-corrected chi connectivity index (χ1v) is 14.1. The highest BCUT2D eigenvalue weighted by Gasteiger charge is 2.19. The fourth-order valence-corrected chi connectivity index (χ4v) is 5.27. The van der Waals surface area contributed by atoms with E-state index in [9.17, 15) is 14.4 Å². The first kappa shape index (κ1) is 28.9. The highest BCUT2D eigenvalue weighted by Crippen LogP contribution is 2.32. The minimum Gasteiger partial charge on any atom is -0.349 e. The Balaban J connectivity index is 1.31. The Kier molecular flexibility index (Phi) is 9.96. The van der Waals surface area contributed by atoms with Crippen LogP contribution in [0.5, 0.6) is 0 Å². The van der Waals surface area contributed by atoms with E-state index in [2.05, 4.69) is 71.8 Å². The zero-order valence-electron chi connectivity index (χ0n) is 23.7. The van der Waals surface area contributed by atoms with E-state index in [0.717, 1.165) is 41.6 Å². The summed E-state index contributed by atoms with van der Waals surface area (Å²) in [7, 11) is 0.